The average Bonchev–Trinajstić information content (AvgIpc) is 2.48. The summed E-state index contributed by atoms with van der Waals surface area (Å²) in [6.45, 7) is 2.21. The molecular formula is C12H16N4O4. The maximum Gasteiger partial charge on any atom is 0.311 e. The third-order valence-electron chi connectivity index (χ3n) is 3.06. The second-order valence-electron chi connectivity index (χ2n) is 4.45. The topological polar surface area (TPSA) is 88.8 Å². The van der Waals surface area contributed by atoms with Crippen LogP contribution in [0.15, 0.2) is 18.3 Å². The molecule has 108 valence electrons. The van der Waals surface area contributed by atoms with Crippen molar-refractivity contribution < 1.29 is 14.5 Å². The number of anilines is 1. The lowest BCUT2D eigenvalue weighted by Crippen LogP contribution is -2.45. The Kier molecular flexibility index (Phi) is 4.46. The Morgan fingerprint density at radius 3 is 2.90 bits per heavy atom. The van der Waals surface area contributed by atoms with Gasteiger partial charge in [-0.05, 0) is 6.07 Å². The molecule has 1 aromatic rings. The van der Waals surface area contributed by atoms with Crippen molar-refractivity contribution in [3.05, 3.63) is 28.4 Å². The summed E-state index contributed by atoms with van der Waals surface area (Å²) in [5, 5.41) is 10.9. The monoisotopic (exact) mass is 280 g/mol. The predicted molar refractivity (Wildman–Crippen MR) is 71.6 cm³/mol. The molecular weight excluding hydrogens is 264 g/mol. The maximum absolute atomic E-state index is 12.1. The van der Waals surface area contributed by atoms with Gasteiger partial charge in [-0.3, -0.25) is 14.9 Å². The van der Waals surface area contributed by atoms with Crippen molar-refractivity contribution in [2.75, 3.05) is 44.8 Å². The first-order chi connectivity index (χ1) is 9.59. The van der Waals surface area contributed by atoms with Crippen molar-refractivity contribution in [3.63, 3.8) is 0 Å². The summed E-state index contributed by atoms with van der Waals surface area (Å²) in [6, 6.07) is 2.87. The van der Waals surface area contributed by atoms with Gasteiger partial charge in [0.1, 0.15) is 0 Å². The van der Waals surface area contributed by atoms with Crippen molar-refractivity contribution in [1.29, 1.82) is 0 Å². The molecule has 0 N–H and O–H groups in total. The zero-order chi connectivity index (χ0) is 14.5. The van der Waals surface area contributed by atoms with Gasteiger partial charge >= 0.3 is 5.69 Å². The van der Waals surface area contributed by atoms with Crippen LogP contribution >= 0.6 is 0 Å². The number of ether oxygens (including phenoxy) is 1. The number of hydrogen-bond donors (Lipinski definition) is 0. The number of carbonyl (C=O) groups is 1. The molecule has 0 radical (unpaired) electrons. The second kappa shape index (κ2) is 6.29. The number of likely N-dealkylation sites (N-methyl/N-ethyl adjacent to an activating group) is 1. The number of nitro groups is 1. The van der Waals surface area contributed by atoms with E-state index >= 15 is 0 Å². The molecule has 0 unspecified atom stereocenters. The summed E-state index contributed by atoms with van der Waals surface area (Å²) in [5.41, 5.74) is -0.107. The molecule has 1 aromatic heterocycles. The van der Waals surface area contributed by atoms with Gasteiger partial charge in [0.25, 0.3) is 0 Å². The lowest BCUT2D eigenvalue weighted by atomic mass is 10.3. The lowest BCUT2D eigenvalue weighted by Gasteiger charge is -2.28. The molecule has 1 saturated heterocycles. The number of pyridine rings is 1. The van der Waals surface area contributed by atoms with E-state index in [0.29, 0.717) is 26.3 Å². The van der Waals surface area contributed by atoms with E-state index in [1.165, 1.54) is 23.2 Å². The Balaban J connectivity index is 2.06. The molecule has 0 saturated carbocycles. The molecule has 1 amide bonds. The van der Waals surface area contributed by atoms with Crippen molar-refractivity contribution in [2.45, 2.75) is 0 Å². The van der Waals surface area contributed by atoms with Gasteiger partial charge in [-0.25, -0.2) is 4.98 Å². The standard InChI is InChI=1S/C12H16N4O4/c1-14(9-11(17)15-5-7-20-8-6-15)12-10(16(18)19)3-2-4-13-12/h2-4H,5-9H2,1H3. The molecule has 0 bridgehead atoms. The molecule has 0 spiro atoms. The van der Waals surface area contributed by atoms with Gasteiger partial charge in [-0.1, -0.05) is 0 Å². The van der Waals surface area contributed by atoms with Crippen LogP contribution in [0.4, 0.5) is 11.5 Å². The van der Waals surface area contributed by atoms with Crippen LogP contribution in [0.1, 0.15) is 0 Å². The largest absolute Gasteiger partial charge is 0.378 e. The fourth-order valence-corrected chi connectivity index (χ4v) is 2.02. The Bertz CT molecular complexity index is 502. The highest BCUT2D eigenvalue weighted by molar-refractivity contribution is 5.82. The summed E-state index contributed by atoms with van der Waals surface area (Å²) >= 11 is 0. The molecule has 8 nitrogen and oxygen atoms in total. The Morgan fingerprint density at radius 2 is 2.25 bits per heavy atom. The average molecular weight is 280 g/mol. The normalized spacial score (nSPS) is 14.9. The summed E-state index contributed by atoms with van der Waals surface area (Å²) in [6.07, 6.45) is 1.47. The van der Waals surface area contributed by atoms with E-state index in [1.54, 1.807) is 11.9 Å². The van der Waals surface area contributed by atoms with Crippen LogP contribution < -0.4 is 4.90 Å². The van der Waals surface area contributed by atoms with Gasteiger partial charge in [-0.2, -0.15) is 0 Å². The predicted octanol–water partition coefficient (Wildman–Crippen LogP) is 0.285. The Labute approximate surface area is 116 Å². The second-order valence-corrected chi connectivity index (χ2v) is 4.45. The smallest absolute Gasteiger partial charge is 0.311 e. The molecule has 8 heteroatoms. The minimum Gasteiger partial charge on any atom is -0.378 e. The number of hydrogen-bond acceptors (Lipinski definition) is 6. The number of amides is 1. The van der Waals surface area contributed by atoms with E-state index in [1.807, 2.05) is 0 Å². The van der Waals surface area contributed by atoms with E-state index in [4.69, 9.17) is 4.74 Å². The Morgan fingerprint density at radius 1 is 1.55 bits per heavy atom. The first kappa shape index (κ1) is 14.2. The van der Waals surface area contributed by atoms with Gasteiger partial charge in [0.15, 0.2) is 0 Å². The first-order valence-corrected chi connectivity index (χ1v) is 6.25. The molecule has 1 aliphatic rings. The summed E-state index contributed by atoms with van der Waals surface area (Å²) in [7, 11) is 1.62. The number of carbonyl (C=O) groups excluding carboxylic acids is 1. The lowest BCUT2D eigenvalue weighted by molar-refractivity contribution is -0.384. The van der Waals surface area contributed by atoms with E-state index in [0.717, 1.165) is 0 Å². The van der Waals surface area contributed by atoms with Crippen LogP contribution in [0.3, 0.4) is 0 Å². The molecule has 0 atom stereocenters. The molecule has 0 aromatic carbocycles. The summed E-state index contributed by atoms with van der Waals surface area (Å²) in [4.78, 5) is 29.7. The fraction of sp³-hybridized carbons (Fsp3) is 0.500. The zero-order valence-corrected chi connectivity index (χ0v) is 11.2. The molecule has 0 aliphatic carbocycles. The number of aromatic nitrogens is 1. The van der Waals surface area contributed by atoms with Gasteiger partial charge in [-0.15, -0.1) is 0 Å². The third-order valence-corrected chi connectivity index (χ3v) is 3.06. The highest BCUT2D eigenvalue weighted by Gasteiger charge is 2.23. The van der Waals surface area contributed by atoms with Gasteiger partial charge < -0.3 is 14.5 Å². The molecule has 2 rings (SSSR count). The minimum absolute atomic E-state index is 0.0534. The van der Waals surface area contributed by atoms with E-state index in [2.05, 4.69) is 4.98 Å². The quantitative estimate of drug-likeness (QED) is 0.581. The van der Waals surface area contributed by atoms with E-state index < -0.39 is 4.92 Å². The number of rotatable bonds is 4. The number of morpholine rings is 1. The maximum atomic E-state index is 12.1. The van der Waals surface area contributed by atoms with Crippen LogP contribution in [0, 0.1) is 10.1 Å². The van der Waals surface area contributed by atoms with Crippen molar-refractivity contribution in [1.82, 2.24) is 9.88 Å². The van der Waals surface area contributed by atoms with Crippen molar-refractivity contribution in [2.24, 2.45) is 0 Å². The van der Waals surface area contributed by atoms with Crippen LogP contribution in [-0.2, 0) is 9.53 Å². The molecule has 20 heavy (non-hydrogen) atoms. The van der Waals surface area contributed by atoms with Crippen LogP contribution in [0.5, 0.6) is 0 Å². The Hall–Kier alpha value is -2.22. The molecule has 1 fully saturated rings. The highest BCUT2D eigenvalue weighted by Crippen LogP contribution is 2.23. The van der Waals surface area contributed by atoms with Gasteiger partial charge in [0.05, 0.1) is 24.7 Å². The first-order valence-electron chi connectivity index (χ1n) is 6.25. The van der Waals surface area contributed by atoms with Crippen molar-refractivity contribution in [3.8, 4) is 0 Å². The summed E-state index contributed by atoms with van der Waals surface area (Å²) < 4.78 is 5.18. The third kappa shape index (κ3) is 3.21. The minimum atomic E-state index is -0.502. The van der Waals surface area contributed by atoms with Crippen LogP contribution in [0.2, 0.25) is 0 Å². The number of nitrogens with zero attached hydrogens (tertiary/aromatic N) is 4. The van der Waals surface area contributed by atoms with Crippen LogP contribution in [0.25, 0.3) is 0 Å². The zero-order valence-electron chi connectivity index (χ0n) is 11.2. The SMILES string of the molecule is CN(CC(=O)N1CCOCC1)c1ncccc1[N+](=O)[O-]. The van der Waals surface area contributed by atoms with E-state index in [-0.39, 0.29) is 24.0 Å². The van der Waals surface area contributed by atoms with Crippen LogP contribution in [-0.4, -0.2) is 60.6 Å². The van der Waals surface area contributed by atoms with Crippen molar-refractivity contribution >= 4 is 17.4 Å². The molecule has 2 heterocycles. The summed E-state index contributed by atoms with van der Waals surface area (Å²) in [5.74, 6) is 0.106. The fourth-order valence-electron chi connectivity index (χ4n) is 2.02. The molecule has 1 aliphatic heterocycles. The van der Waals surface area contributed by atoms with E-state index in [9.17, 15) is 14.9 Å². The van der Waals surface area contributed by atoms with Gasteiger partial charge in [0.2, 0.25) is 11.7 Å². The van der Waals surface area contributed by atoms with Gasteiger partial charge in [0, 0.05) is 32.4 Å². The highest BCUT2D eigenvalue weighted by atomic mass is 16.6.